The van der Waals surface area contributed by atoms with Crippen molar-refractivity contribution in [3.8, 4) is 23.3 Å². The summed E-state index contributed by atoms with van der Waals surface area (Å²) >= 11 is 23.9. The van der Waals surface area contributed by atoms with Crippen LogP contribution in [0, 0.1) is 17.1 Å². The van der Waals surface area contributed by atoms with E-state index < -0.39 is 41.1 Å². The van der Waals surface area contributed by atoms with Crippen LogP contribution in [-0.4, -0.2) is 11.9 Å². The largest absolute Gasteiger partial charge is 0.480 e. The lowest BCUT2D eigenvalue weighted by Gasteiger charge is -2.19. The Morgan fingerprint density at radius 3 is 2.17 bits per heavy atom. The van der Waals surface area contributed by atoms with E-state index in [0.29, 0.717) is 11.1 Å². The van der Waals surface area contributed by atoms with Crippen LogP contribution in [0.3, 0.4) is 0 Å². The zero-order valence-corrected chi connectivity index (χ0v) is 21.0. The van der Waals surface area contributed by atoms with Crippen LogP contribution >= 0.6 is 46.4 Å². The standard InChI is InChI=1S/C24H13Cl4F4NO3/c1-11(23(34)15(10-33)14-4-3-13(25)7-16(14)26)35-22-9-21(18(28)8-19(22)29)36-20-5-2-12(6-17(20)27)24(30,31)32/h2-9,11,15H,1H3. The quantitative estimate of drug-likeness (QED) is 0.262. The molecule has 3 rings (SSSR count). The first-order chi connectivity index (χ1) is 16.8. The van der Waals surface area contributed by atoms with E-state index in [0.717, 1.165) is 24.3 Å². The maximum Gasteiger partial charge on any atom is 0.416 e. The number of ketones is 1. The van der Waals surface area contributed by atoms with Gasteiger partial charge in [0.2, 0.25) is 0 Å². The Labute approximate surface area is 222 Å². The number of hydrogen-bond donors (Lipinski definition) is 0. The second-order valence-electron chi connectivity index (χ2n) is 7.35. The van der Waals surface area contributed by atoms with Crippen LogP contribution in [0.15, 0.2) is 48.5 Å². The molecule has 4 nitrogen and oxygen atoms in total. The minimum Gasteiger partial charge on any atom is -0.480 e. The van der Waals surface area contributed by atoms with Gasteiger partial charge in [0.1, 0.15) is 17.4 Å². The summed E-state index contributed by atoms with van der Waals surface area (Å²) in [6.45, 7) is 1.30. The number of carbonyl (C=O) groups is 1. The highest BCUT2D eigenvalue weighted by Crippen LogP contribution is 2.40. The van der Waals surface area contributed by atoms with Gasteiger partial charge in [-0.2, -0.15) is 18.4 Å². The fourth-order valence-electron chi connectivity index (χ4n) is 3.06. The summed E-state index contributed by atoms with van der Waals surface area (Å²) in [7, 11) is 0. The van der Waals surface area contributed by atoms with Crippen LogP contribution in [0.2, 0.25) is 20.1 Å². The third-order valence-electron chi connectivity index (χ3n) is 4.86. The third kappa shape index (κ3) is 6.34. The monoisotopic (exact) mass is 579 g/mol. The highest BCUT2D eigenvalue weighted by molar-refractivity contribution is 6.35. The van der Waals surface area contributed by atoms with Gasteiger partial charge in [0.05, 0.1) is 21.7 Å². The minimum absolute atomic E-state index is 0.0939. The van der Waals surface area contributed by atoms with Gasteiger partial charge >= 0.3 is 6.18 Å². The predicted molar refractivity (Wildman–Crippen MR) is 128 cm³/mol. The molecule has 0 radical (unpaired) electrons. The van der Waals surface area contributed by atoms with Gasteiger partial charge in [-0.05, 0) is 42.8 Å². The summed E-state index contributed by atoms with van der Waals surface area (Å²) in [5, 5.41) is 9.34. The first-order valence-corrected chi connectivity index (χ1v) is 11.4. The van der Waals surface area contributed by atoms with E-state index in [1.807, 2.05) is 6.07 Å². The van der Waals surface area contributed by atoms with Gasteiger partial charge < -0.3 is 9.47 Å². The highest BCUT2D eigenvalue weighted by atomic mass is 35.5. The van der Waals surface area contributed by atoms with Gasteiger partial charge in [0, 0.05) is 22.2 Å². The SMILES string of the molecule is CC(Oc1cc(Oc2ccc(C(F)(F)F)cc2Cl)c(Cl)cc1F)C(=O)C(C#N)c1ccc(Cl)cc1Cl. The van der Waals surface area contributed by atoms with Crippen molar-refractivity contribution >= 4 is 52.2 Å². The number of nitrogens with zero attached hydrogens (tertiary/aromatic N) is 1. The lowest BCUT2D eigenvalue weighted by Crippen LogP contribution is -2.29. The number of hydrogen-bond acceptors (Lipinski definition) is 4. The number of alkyl halides is 3. The molecule has 188 valence electrons. The Bertz CT molecular complexity index is 1360. The molecule has 3 aromatic rings. The van der Waals surface area contributed by atoms with Gasteiger partial charge in [-0.3, -0.25) is 4.79 Å². The van der Waals surface area contributed by atoms with Crippen molar-refractivity contribution in [2.45, 2.75) is 25.1 Å². The molecule has 12 heteroatoms. The Morgan fingerprint density at radius 2 is 1.58 bits per heavy atom. The Kier molecular flexibility index (Phi) is 8.63. The summed E-state index contributed by atoms with van der Waals surface area (Å²) in [6.07, 6.45) is -5.93. The van der Waals surface area contributed by atoms with Crippen molar-refractivity contribution in [3.05, 3.63) is 85.6 Å². The van der Waals surface area contributed by atoms with Gasteiger partial charge in [-0.1, -0.05) is 52.5 Å². The molecule has 2 atom stereocenters. The summed E-state index contributed by atoms with van der Waals surface area (Å²) < 4.78 is 64.0. The zero-order chi connectivity index (χ0) is 26.8. The third-order valence-corrected chi connectivity index (χ3v) is 6.01. The molecule has 36 heavy (non-hydrogen) atoms. The summed E-state index contributed by atoms with van der Waals surface area (Å²) in [4.78, 5) is 12.9. The van der Waals surface area contributed by atoms with Crippen molar-refractivity contribution in [1.29, 1.82) is 5.26 Å². The number of benzene rings is 3. The smallest absolute Gasteiger partial charge is 0.416 e. The van der Waals surface area contributed by atoms with E-state index in [9.17, 15) is 27.6 Å². The molecule has 0 aliphatic carbocycles. The van der Waals surface area contributed by atoms with E-state index >= 15 is 0 Å². The maximum absolute atomic E-state index is 14.5. The number of carbonyl (C=O) groups excluding carboxylic acids is 1. The van der Waals surface area contributed by atoms with E-state index in [1.165, 1.54) is 25.1 Å². The Hall–Kier alpha value is -2.70. The molecule has 2 unspecified atom stereocenters. The normalized spacial score (nSPS) is 13.0. The molecule has 0 aliphatic rings. The van der Waals surface area contributed by atoms with Gasteiger partial charge in [-0.15, -0.1) is 0 Å². The van der Waals surface area contributed by atoms with Crippen molar-refractivity contribution in [2.24, 2.45) is 0 Å². The average molecular weight is 581 g/mol. The molecule has 3 aromatic carbocycles. The Morgan fingerprint density at radius 1 is 0.917 bits per heavy atom. The minimum atomic E-state index is -4.61. The van der Waals surface area contributed by atoms with E-state index in [2.05, 4.69) is 0 Å². The highest BCUT2D eigenvalue weighted by Gasteiger charge is 2.32. The first-order valence-electron chi connectivity index (χ1n) is 9.90. The van der Waals surface area contributed by atoms with Gasteiger partial charge in [0.25, 0.3) is 0 Å². The number of rotatable bonds is 7. The van der Waals surface area contributed by atoms with Crippen molar-refractivity contribution in [2.75, 3.05) is 0 Å². The molecule has 0 fully saturated rings. The molecule has 0 heterocycles. The van der Waals surface area contributed by atoms with Crippen molar-refractivity contribution < 1.29 is 31.8 Å². The van der Waals surface area contributed by atoms with Crippen molar-refractivity contribution in [3.63, 3.8) is 0 Å². The molecule has 0 N–H and O–H groups in total. The molecule has 0 aromatic heterocycles. The van der Waals surface area contributed by atoms with Crippen LogP contribution < -0.4 is 9.47 Å². The lowest BCUT2D eigenvalue weighted by molar-refractivity contribution is -0.137. The topological polar surface area (TPSA) is 59.3 Å². The number of halogens is 8. The number of Topliss-reactive ketones (excluding diaryl/α,β-unsaturated/α-hetero) is 1. The average Bonchev–Trinajstić information content (AvgIpc) is 2.79. The lowest BCUT2D eigenvalue weighted by atomic mass is 9.93. The van der Waals surface area contributed by atoms with Crippen molar-refractivity contribution in [1.82, 2.24) is 0 Å². The predicted octanol–water partition coefficient (Wildman–Crippen LogP) is 8.89. The number of ether oxygens (including phenoxy) is 2. The molecule has 0 bridgehead atoms. The first kappa shape index (κ1) is 27.9. The molecule has 0 aliphatic heterocycles. The zero-order valence-electron chi connectivity index (χ0n) is 18.0. The fourth-order valence-corrected chi connectivity index (χ4v) is 3.99. The summed E-state index contributed by atoms with van der Waals surface area (Å²) in [6, 6.07) is 10.3. The number of nitriles is 1. The summed E-state index contributed by atoms with van der Waals surface area (Å²) in [5.41, 5.74) is -0.796. The molecule has 0 saturated carbocycles. The van der Waals surface area contributed by atoms with Crippen LogP contribution in [0.4, 0.5) is 17.6 Å². The van der Waals surface area contributed by atoms with Crippen LogP contribution in [0.25, 0.3) is 0 Å². The van der Waals surface area contributed by atoms with E-state index in [1.54, 1.807) is 0 Å². The maximum atomic E-state index is 14.5. The molecule has 0 spiro atoms. The van der Waals surface area contributed by atoms with E-state index in [-0.39, 0.29) is 32.1 Å². The summed E-state index contributed by atoms with van der Waals surface area (Å²) in [5.74, 6) is -3.85. The van der Waals surface area contributed by atoms with Crippen LogP contribution in [0.5, 0.6) is 17.2 Å². The van der Waals surface area contributed by atoms with Gasteiger partial charge in [-0.25, -0.2) is 4.39 Å². The fraction of sp³-hybridized carbons (Fsp3) is 0.167. The Balaban J connectivity index is 1.85. The molecular formula is C24H13Cl4F4NO3. The van der Waals surface area contributed by atoms with Gasteiger partial charge in [0.15, 0.2) is 23.5 Å². The second kappa shape index (κ2) is 11.1. The molecule has 0 saturated heterocycles. The molecule has 0 amide bonds. The van der Waals surface area contributed by atoms with E-state index in [4.69, 9.17) is 55.9 Å². The molecular weight excluding hydrogens is 568 g/mol. The van der Waals surface area contributed by atoms with Crippen LogP contribution in [-0.2, 0) is 11.0 Å². The van der Waals surface area contributed by atoms with Crippen LogP contribution in [0.1, 0.15) is 24.0 Å². The second-order valence-corrected chi connectivity index (χ2v) is 9.01.